The van der Waals surface area contributed by atoms with Crippen molar-refractivity contribution in [3.63, 3.8) is 0 Å². The van der Waals surface area contributed by atoms with Gasteiger partial charge in [0.05, 0.1) is 5.39 Å². The van der Waals surface area contributed by atoms with Crippen molar-refractivity contribution in [1.29, 1.82) is 0 Å². The normalized spacial score (nSPS) is 17.2. The molecular formula is C22H22N6S. The SMILES string of the molecule is c1cncc(-c2nc(N3CCC(c4ncc[nH]4)CC3)c3c4c(sc3n2)CCC4)c1. The highest BCUT2D eigenvalue weighted by Crippen LogP contribution is 2.42. The van der Waals surface area contributed by atoms with E-state index >= 15 is 0 Å². The molecule has 5 heterocycles. The maximum atomic E-state index is 5.09. The molecule has 146 valence electrons. The van der Waals surface area contributed by atoms with E-state index in [2.05, 4.69) is 19.9 Å². The van der Waals surface area contributed by atoms with E-state index in [1.165, 1.54) is 28.7 Å². The van der Waals surface area contributed by atoms with Crippen molar-refractivity contribution >= 4 is 27.4 Å². The van der Waals surface area contributed by atoms with Gasteiger partial charge in [-0.25, -0.2) is 15.0 Å². The van der Waals surface area contributed by atoms with Gasteiger partial charge in [0.15, 0.2) is 5.82 Å². The van der Waals surface area contributed by atoms with Crippen molar-refractivity contribution < 1.29 is 0 Å². The first kappa shape index (κ1) is 17.1. The van der Waals surface area contributed by atoms with E-state index < -0.39 is 0 Å². The van der Waals surface area contributed by atoms with Gasteiger partial charge in [0.2, 0.25) is 0 Å². The highest BCUT2D eigenvalue weighted by atomic mass is 32.1. The van der Waals surface area contributed by atoms with Gasteiger partial charge in [0.25, 0.3) is 0 Å². The summed E-state index contributed by atoms with van der Waals surface area (Å²) in [6.07, 6.45) is 13.2. The number of hydrogen-bond acceptors (Lipinski definition) is 6. The van der Waals surface area contributed by atoms with E-state index in [4.69, 9.17) is 9.97 Å². The lowest BCUT2D eigenvalue weighted by Crippen LogP contribution is -2.34. The number of pyridine rings is 1. The fourth-order valence-corrected chi connectivity index (χ4v) is 5.95. The molecule has 29 heavy (non-hydrogen) atoms. The van der Waals surface area contributed by atoms with Crippen LogP contribution < -0.4 is 4.90 Å². The minimum atomic E-state index is 0.504. The first-order valence-corrected chi connectivity index (χ1v) is 11.2. The molecule has 6 rings (SSSR count). The number of nitrogens with one attached hydrogen (secondary N) is 1. The van der Waals surface area contributed by atoms with Crippen LogP contribution in [0.15, 0.2) is 36.9 Å². The number of thiophene rings is 1. The van der Waals surface area contributed by atoms with E-state index in [1.807, 2.05) is 42.1 Å². The van der Waals surface area contributed by atoms with Crippen LogP contribution in [-0.4, -0.2) is 38.0 Å². The van der Waals surface area contributed by atoms with Crippen LogP contribution in [0.25, 0.3) is 21.6 Å². The fourth-order valence-electron chi connectivity index (χ4n) is 4.70. The zero-order valence-corrected chi connectivity index (χ0v) is 17.0. The molecule has 0 bridgehead atoms. The largest absolute Gasteiger partial charge is 0.356 e. The average molecular weight is 403 g/mol. The smallest absolute Gasteiger partial charge is 0.164 e. The molecule has 1 fully saturated rings. The quantitative estimate of drug-likeness (QED) is 0.552. The predicted molar refractivity (Wildman–Crippen MR) is 115 cm³/mol. The topological polar surface area (TPSA) is 70.6 Å². The number of H-pyrrole nitrogens is 1. The van der Waals surface area contributed by atoms with Crippen LogP contribution >= 0.6 is 11.3 Å². The number of nitrogens with zero attached hydrogens (tertiary/aromatic N) is 5. The second kappa shape index (κ2) is 6.91. The van der Waals surface area contributed by atoms with Gasteiger partial charge in [-0.2, -0.15) is 0 Å². The van der Waals surface area contributed by atoms with Crippen molar-refractivity contribution in [2.45, 2.75) is 38.0 Å². The van der Waals surface area contributed by atoms with Crippen LogP contribution in [0, 0.1) is 0 Å². The number of anilines is 1. The number of aromatic amines is 1. The third-order valence-electron chi connectivity index (χ3n) is 6.17. The molecule has 0 unspecified atom stereocenters. The monoisotopic (exact) mass is 402 g/mol. The molecule has 1 aliphatic heterocycles. The molecule has 0 atom stereocenters. The van der Waals surface area contributed by atoms with Crippen molar-refractivity contribution in [3.05, 3.63) is 53.2 Å². The molecular weight excluding hydrogens is 380 g/mol. The maximum Gasteiger partial charge on any atom is 0.164 e. The van der Waals surface area contributed by atoms with Crippen LogP contribution in [0.4, 0.5) is 5.82 Å². The summed E-state index contributed by atoms with van der Waals surface area (Å²) in [6.45, 7) is 1.99. The van der Waals surface area contributed by atoms with Gasteiger partial charge in [-0.15, -0.1) is 11.3 Å². The van der Waals surface area contributed by atoms with E-state index in [1.54, 1.807) is 6.20 Å². The second-order valence-corrected chi connectivity index (χ2v) is 8.97. The third-order valence-corrected chi connectivity index (χ3v) is 7.35. The summed E-state index contributed by atoms with van der Waals surface area (Å²) in [7, 11) is 0. The van der Waals surface area contributed by atoms with Gasteiger partial charge in [0.1, 0.15) is 16.5 Å². The number of imidazole rings is 1. The molecule has 7 heteroatoms. The second-order valence-electron chi connectivity index (χ2n) is 7.89. The minimum absolute atomic E-state index is 0.504. The molecule has 2 aliphatic rings. The van der Waals surface area contributed by atoms with Crippen LogP contribution in [0.2, 0.25) is 0 Å². The first-order valence-electron chi connectivity index (χ1n) is 10.3. The maximum absolute atomic E-state index is 5.09. The van der Waals surface area contributed by atoms with Crippen LogP contribution in [0.5, 0.6) is 0 Å². The average Bonchev–Trinajstić information content (AvgIpc) is 3.51. The number of piperidine rings is 1. The minimum Gasteiger partial charge on any atom is -0.356 e. The first-order chi connectivity index (χ1) is 14.4. The zero-order valence-electron chi connectivity index (χ0n) is 16.1. The Bertz CT molecular complexity index is 1140. The standard InChI is InChI=1S/C22H22N6S/c1-4-16-17(5-1)29-22-18(16)21(26-20(27-22)15-3-2-8-23-13-15)28-11-6-14(7-12-28)19-24-9-10-25-19/h2-3,8-10,13-14H,1,4-7,11-12H2,(H,24,25). The Balaban J connectivity index is 1.41. The van der Waals surface area contributed by atoms with E-state index in [0.29, 0.717) is 5.92 Å². The number of aryl methyl sites for hydroxylation is 2. The lowest BCUT2D eigenvalue weighted by Gasteiger charge is -2.32. The van der Waals surface area contributed by atoms with Crippen molar-refractivity contribution in [1.82, 2.24) is 24.9 Å². The predicted octanol–water partition coefficient (Wildman–Crippen LogP) is 4.35. The lowest BCUT2D eigenvalue weighted by atomic mass is 9.96. The van der Waals surface area contributed by atoms with Crippen molar-refractivity contribution in [3.8, 4) is 11.4 Å². The highest BCUT2D eigenvalue weighted by Gasteiger charge is 2.28. The summed E-state index contributed by atoms with van der Waals surface area (Å²) >= 11 is 1.86. The highest BCUT2D eigenvalue weighted by molar-refractivity contribution is 7.19. The number of fused-ring (bicyclic) bond motifs is 3. The molecule has 0 saturated carbocycles. The van der Waals surface area contributed by atoms with Crippen LogP contribution in [0.3, 0.4) is 0 Å². The Labute approximate surface area is 173 Å². The van der Waals surface area contributed by atoms with E-state index in [0.717, 1.165) is 60.2 Å². The van der Waals surface area contributed by atoms with Crippen LogP contribution in [0.1, 0.15) is 41.4 Å². The molecule has 1 N–H and O–H groups in total. The number of rotatable bonds is 3. The summed E-state index contributed by atoms with van der Waals surface area (Å²) in [5.74, 6) is 3.52. The van der Waals surface area contributed by atoms with Gasteiger partial charge in [-0.1, -0.05) is 0 Å². The molecule has 4 aromatic heterocycles. The van der Waals surface area contributed by atoms with Gasteiger partial charge < -0.3 is 9.88 Å². The van der Waals surface area contributed by atoms with Crippen LogP contribution in [-0.2, 0) is 12.8 Å². The summed E-state index contributed by atoms with van der Waals surface area (Å²) in [5, 5.41) is 1.30. The molecule has 0 spiro atoms. The zero-order chi connectivity index (χ0) is 19.2. The number of hydrogen-bond donors (Lipinski definition) is 1. The van der Waals surface area contributed by atoms with Gasteiger partial charge in [-0.05, 0) is 49.8 Å². The Morgan fingerprint density at radius 2 is 2.03 bits per heavy atom. The molecule has 0 radical (unpaired) electrons. The van der Waals surface area contributed by atoms with Gasteiger partial charge >= 0.3 is 0 Å². The summed E-state index contributed by atoms with van der Waals surface area (Å²) in [6, 6.07) is 3.99. The third kappa shape index (κ3) is 2.92. The Hall–Kier alpha value is -2.80. The fraction of sp³-hybridized carbons (Fsp3) is 0.364. The molecule has 1 aliphatic carbocycles. The molecule has 0 aromatic carbocycles. The molecule has 6 nitrogen and oxygen atoms in total. The summed E-state index contributed by atoms with van der Waals surface area (Å²) < 4.78 is 0. The molecule has 4 aromatic rings. The lowest BCUT2D eigenvalue weighted by molar-refractivity contribution is 0.487. The summed E-state index contributed by atoms with van der Waals surface area (Å²) in [5.41, 5.74) is 2.47. The van der Waals surface area contributed by atoms with E-state index in [-0.39, 0.29) is 0 Å². The van der Waals surface area contributed by atoms with Gasteiger partial charge in [0, 0.05) is 54.2 Å². The van der Waals surface area contributed by atoms with E-state index in [9.17, 15) is 0 Å². The Kier molecular flexibility index (Phi) is 4.08. The Morgan fingerprint density at radius 1 is 1.10 bits per heavy atom. The number of aromatic nitrogens is 5. The Morgan fingerprint density at radius 3 is 2.83 bits per heavy atom. The summed E-state index contributed by atoms with van der Waals surface area (Å²) in [4.78, 5) is 27.2. The van der Waals surface area contributed by atoms with Crippen molar-refractivity contribution in [2.75, 3.05) is 18.0 Å². The van der Waals surface area contributed by atoms with Crippen molar-refractivity contribution in [2.24, 2.45) is 0 Å². The molecule has 0 amide bonds. The van der Waals surface area contributed by atoms with Gasteiger partial charge in [-0.3, -0.25) is 4.98 Å². The molecule has 1 saturated heterocycles.